The van der Waals surface area contributed by atoms with Crippen LogP contribution in [0, 0.1) is 0 Å². The third-order valence-electron chi connectivity index (χ3n) is 4.05. The Morgan fingerprint density at radius 1 is 1.21 bits per heavy atom. The summed E-state index contributed by atoms with van der Waals surface area (Å²) < 4.78 is 13.8. The molecule has 0 aliphatic rings. The van der Waals surface area contributed by atoms with Gasteiger partial charge in [0.15, 0.2) is 4.34 Å². The highest BCUT2D eigenvalue weighted by Crippen LogP contribution is 2.48. The molecule has 24 heavy (non-hydrogen) atoms. The van der Waals surface area contributed by atoms with Crippen molar-refractivity contribution >= 4 is 71.4 Å². The van der Waals surface area contributed by atoms with E-state index in [4.69, 9.17) is 8.85 Å². The molecule has 3 nitrogen and oxygen atoms in total. The van der Waals surface area contributed by atoms with E-state index in [1.165, 1.54) is 4.70 Å². The Morgan fingerprint density at radius 2 is 1.96 bits per heavy atom. The largest absolute Gasteiger partial charge is 0.398 e. The van der Waals surface area contributed by atoms with Crippen LogP contribution in [0.15, 0.2) is 28.6 Å². The van der Waals surface area contributed by atoms with Gasteiger partial charge in [0, 0.05) is 25.5 Å². The SMILES string of the molecule is CCC(CCSSSSc1nc2ccccc2s1)[Si](C)(OC)OC. The summed E-state index contributed by atoms with van der Waals surface area (Å²) in [6, 6.07) is 8.30. The quantitative estimate of drug-likeness (QED) is 0.215. The minimum absolute atomic E-state index is 0.544. The second-order valence-corrected chi connectivity index (χ2v) is 16.2. The second kappa shape index (κ2) is 10.7. The Balaban J connectivity index is 1.67. The summed E-state index contributed by atoms with van der Waals surface area (Å²) in [5, 5.41) is 0. The zero-order valence-electron chi connectivity index (χ0n) is 14.3. The Kier molecular flexibility index (Phi) is 9.35. The average Bonchev–Trinajstić information content (AvgIpc) is 3.03. The standard InChI is InChI=1S/C15H23NO2S5Si/c1-5-12(24(4,17-2)18-3)10-11-19-22-23-21-15-16-13-8-6-7-9-14(13)20-15/h6-9,12H,5,10-11H2,1-4H3. The monoisotopic (exact) mass is 437 g/mol. The minimum atomic E-state index is -2.01. The van der Waals surface area contributed by atoms with Gasteiger partial charge >= 0.3 is 8.56 Å². The molecular weight excluding hydrogens is 415 g/mol. The van der Waals surface area contributed by atoms with Crippen LogP contribution in [0.4, 0.5) is 0 Å². The number of rotatable bonds is 11. The molecule has 134 valence electrons. The van der Waals surface area contributed by atoms with Crippen LogP contribution in [0.1, 0.15) is 19.8 Å². The number of fused-ring (bicyclic) bond motifs is 1. The smallest absolute Gasteiger partial charge is 0.337 e. The lowest BCUT2D eigenvalue weighted by Gasteiger charge is -2.31. The molecular formula is C15H23NO2S5Si. The van der Waals surface area contributed by atoms with Crippen molar-refractivity contribution in [3.63, 3.8) is 0 Å². The Labute approximate surface area is 164 Å². The molecule has 0 saturated carbocycles. The van der Waals surface area contributed by atoms with E-state index in [1.807, 2.05) is 26.7 Å². The number of thiazole rings is 1. The molecule has 0 N–H and O–H groups in total. The van der Waals surface area contributed by atoms with Crippen LogP contribution >= 0.6 is 52.6 Å². The van der Waals surface area contributed by atoms with Crippen LogP contribution in [0.25, 0.3) is 10.2 Å². The Bertz CT molecular complexity index is 590. The van der Waals surface area contributed by atoms with Crippen molar-refractivity contribution in [3.8, 4) is 0 Å². The lowest BCUT2D eigenvalue weighted by atomic mass is 10.3. The fourth-order valence-electron chi connectivity index (χ4n) is 2.43. The maximum Gasteiger partial charge on any atom is 0.337 e. The number of benzene rings is 1. The van der Waals surface area contributed by atoms with E-state index in [0.717, 1.165) is 28.5 Å². The Morgan fingerprint density at radius 3 is 2.62 bits per heavy atom. The van der Waals surface area contributed by atoms with Gasteiger partial charge in [-0.25, -0.2) is 4.98 Å². The van der Waals surface area contributed by atoms with Gasteiger partial charge < -0.3 is 8.85 Å². The van der Waals surface area contributed by atoms with Crippen molar-refractivity contribution in [1.82, 2.24) is 4.98 Å². The molecule has 1 atom stereocenters. The summed E-state index contributed by atoms with van der Waals surface area (Å²) in [6.45, 7) is 4.39. The van der Waals surface area contributed by atoms with Gasteiger partial charge in [0.2, 0.25) is 0 Å². The lowest BCUT2D eigenvalue weighted by molar-refractivity contribution is 0.233. The highest BCUT2D eigenvalue weighted by atomic mass is 33.7. The average molecular weight is 438 g/mol. The summed E-state index contributed by atoms with van der Waals surface area (Å²) in [5.74, 6) is 1.12. The first-order valence-electron chi connectivity index (χ1n) is 7.71. The van der Waals surface area contributed by atoms with E-state index in [2.05, 4.69) is 36.7 Å². The molecule has 2 rings (SSSR count). The molecule has 1 aromatic heterocycles. The van der Waals surface area contributed by atoms with E-state index < -0.39 is 8.56 Å². The van der Waals surface area contributed by atoms with Crippen molar-refractivity contribution < 1.29 is 8.85 Å². The van der Waals surface area contributed by atoms with Gasteiger partial charge in [0.05, 0.1) is 10.2 Å². The maximum absolute atomic E-state index is 5.69. The molecule has 0 aliphatic heterocycles. The summed E-state index contributed by atoms with van der Waals surface area (Å²) in [6.07, 6.45) is 2.26. The van der Waals surface area contributed by atoms with Crippen LogP contribution in [0.3, 0.4) is 0 Å². The van der Waals surface area contributed by atoms with Crippen molar-refractivity contribution in [2.24, 2.45) is 0 Å². The summed E-state index contributed by atoms with van der Waals surface area (Å²) in [5.41, 5.74) is 1.64. The van der Waals surface area contributed by atoms with Gasteiger partial charge in [-0.3, -0.25) is 0 Å². The number of aromatic nitrogens is 1. The molecule has 0 amide bonds. The fraction of sp³-hybridized carbons (Fsp3) is 0.533. The summed E-state index contributed by atoms with van der Waals surface area (Å²) in [7, 11) is 8.84. The van der Waals surface area contributed by atoms with Gasteiger partial charge in [0.25, 0.3) is 0 Å². The van der Waals surface area contributed by atoms with Crippen LogP contribution in [-0.2, 0) is 8.85 Å². The van der Waals surface area contributed by atoms with Gasteiger partial charge in [-0.05, 0) is 55.5 Å². The highest BCUT2D eigenvalue weighted by molar-refractivity contribution is 9.26. The van der Waals surface area contributed by atoms with Crippen LogP contribution < -0.4 is 0 Å². The molecule has 1 unspecified atom stereocenters. The van der Waals surface area contributed by atoms with Crippen LogP contribution in [-0.4, -0.2) is 33.5 Å². The number of para-hydroxylation sites is 1. The van der Waals surface area contributed by atoms with Crippen molar-refractivity contribution in [2.75, 3.05) is 20.0 Å². The Hall–Kier alpha value is 0.647. The predicted octanol–water partition coefficient (Wildman–Crippen LogP) is 6.87. The second-order valence-electron chi connectivity index (χ2n) is 5.31. The van der Waals surface area contributed by atoms with Gasteiger partial charge in [0.1, 0.15) is 0 Å². The third-order valence-corrected chi connectivity index (χ3v) is 15.5. The molecule has 0 saturated heterocycles. The van der Waals surface area contributed by atoms with Gasteiger partial charge in [-0.15, -0.1) is 11.3 Å². The third kappa shape index (κ3) is 5.83. The lowest BCUT2D eigenvalue weighted by Crippen LogP contribution is -2.41. The zero-order chi connectivity index (χ0) is 17.4. The van der Waals surface area contributed by atoms with Crippen molar-refractivity contribution in [1.29, 1.82) is 0 Å². The first kappa shape index (κ1) is 21.0. The van der Waals surface area contributed by atoms with E-state index in [-0.39, 0.29) is 0 Å². The number of nitrogens with zero attached hydrogens (tertiary/aromatic N) is 1. The molecule has 1 aromatic carbocycles. The van der Waals surface area contributed by atoms with Crippen molar-refractivity contribution in [2.45, 2.75) is 36.2 Å². The van der Waals surface area contributed by atoms with E-state index in [9.17, 15) is 0 Å². The molecule has 0 bridgehead atoms. The topological polar surface area (TPSA) is 31.4 Å². The van der Waals surface area contributed by atoms with Gasteiger partial charge in [-0.2, -0.15) is 0 Å². The van der Waals surface area contributed by atoms with Crippen molar-refractivity contribution in [3.05, 3.63) is 24.3 Å². The number of hydrogen-bond donors (Lipinski definition) is 0. The van der Waals surface area contributed by atoms with E-state index in [1.54, 1.807) is 46.2 Å². The molecule has 0 radical (unpaired) electrons. The van der Waals surface area contributed by atoms with E-state index >= 15 is 0 Å². The maximum atomic E-state index is 5.69. The molecule has 2 aromatic rings. The van der Waals surface area contributed by atoms with E-state index in [0.29, 0.717) is 5.54 Å². The molecule has 0 fully saturated rings. The molecule has 9 heteroatoms. The molecule has 0 aliphatic carbocycles. The van der Waals surface area contributed by atoms with Crippen LogP contribution in [0.5, 0.6) is 0 Å². The van der Waals surface area contributed by atoms with Gasteiger partial charge in [-0.1, -0.05) is 36.3 Å². The number of hydrogen-bond acceptors (Lipinski definition) is 8. The molecule has 0 spiro atoms. The summed E-state index contributed by atoms with van der Waals surface area (Å²) in [4.78, 5) is 4.64. The minimum Gasteiger partial charge on any atom is -0.398 e. The first-order valence-corrected chi connectivity index (χ1v) is 15.9. The molecule has 1 heterocycles. The predicted molar refractivity (Wildman–Crippen MR) is 117 cm³/mol. The normalized spacial score (nSPS) is 13.5. The zero-order valence-corrected chi connectivity index (χ0v) is 19.4. The summed E-state index contributed by atoms with van der Waals surface area (Å²) >= 11 is 1.76. The van der Waals surface area contributed by atoms with Crippen LogP contribution in [0.2, 0.25) is 12.1 Å². The first-order chi connectivity index (χ1) is 11.6. The highest BCUT2D eigenvalue weighted by Gasteiger charge is 2.37. The fourth-order valence-corrected chi connectivity index (χ4v) is 12.3.